The molecule has 1 aliphatic heterocycles. The summed E-state index contributed by atoms with van der Waals surface area (Å²) in [5, 5.41) is 1.99. The lowest BCUT2D eigenvalue weighted by Crippen LogP contribution is -2.37. The second-order valence-corrected chi connectivity index (χ2v) is 5.36. The molecule has 0 spiro atoms. The largest absolute Gasteiger partial charge is 0.416 e. The van der Waals surface area contributed by atoms with Crippen LogP contribution in [0.2, 0.25) is 0 Å². The van der Waals surface area contributed by atoms with Crippen LogP contribution in [0.25, 0.3) is 0 Å². The fourth-order valence-electron chi connectivity index (χ4n) is 1.82. The van der Waals surface area contributed by atoms with Crippen molar-refractivity contribution in [3.63, 3.8) is 0 Å². The minimum absolute atomic E-state index is 0.00460. The Kier molecular flexibility index (Phi) is 4.74. The summed E-state index contributed by atoms with van der Waals surface area (Å²) in [4.78, 5) is 35.4. The molecule has 1 aliphatic rings. The second kappa shape index (κ2) is 6.39. The molecule has 0 aliphatic carbocycles. The van der Waals surface area contributed by atoms with Gasteiger partial charge in [0.15, 0.2) is 0 Å². The molecule has 22 heavy (non-hydrogen) atoms. The topological polar surface area (TPSA) is 66.5 Å². The highest BCUT2D eigenvalue weighted by atomic mass is 32.2. The van der Waals surface area contributed by atoms with Crippen molar-refractivity contribution >= 4 is 28.8 Å². The van der Waals surface area contributed by atoms with Crippen LogP contribution in [0.15, 0.2) is 24.3 Å². The van der Waals surface area contributed by atoms with Crippen molar-refractivity contribution in [3.05, 3.63) is 35.4 Å². The number of imide groups is 1. The van der Waals surface area contributed by atoms with Gasteiger partial charge in [-0.05, 0) is 18.2 Å². The summed E-state index contributed by atoms with van der Waals surface area (Å²) in [5.74, 6) is -0.971. The third-order valence-corrected chi connectivity index (χ3v) is 3.77. The van der Waals surface area contributed by atoms with Gasteiger partial charge < -0.3 is 5.32 Å². The first-order valence-corrected chi connectivity index (χ1v) is 7.20. The van der Waals surface area contributed by atoms with E-state index < -0.39 is 22.9 Å². The van der Waals surface area contributed by atoms with Gasteiger partial charge in [-0.1, -0.05) is 17.8 Å². The molecule has 118 valence electrons. The molecule has 1 fully saturated rings. The third kappa shape index (κ3) is 3.79. The fraction of sp³-hybridized carbons (Fsp3) is 0.308. The van der Waals surface area contributed by atoms with Gasteiger partial charge in [-0.15, -0.1) is 0 Å². The molecule has 5 nitrogen and oxygen atoms in total. The van der Waals surface area contributed by atoms with Crippen molar-refractivity contribution in [1.29, 1.82) is 0 Å². The molecule has 0 aromatic heterocycles. The molecule has 0 unspecified atom stereocenters. The van der Waals surface area contributed by atoms with Crippen molar-refractivity contribution in [3.8, 4) is 0 Å². The maximum absolute atomic E-state index is 12.6. The number of amides is 3. The van der Waals surface area contributed by atoms with Crippen molar-refractivity contribution in [2.24, 2.45) is 0 Å². The molecule has 9 heteroatoms. The van der Waals surface area contributed by atoms with Crippen LogP contribution >= 0.6 is 11.8 Å². The van der Waals surface area contributed by atoms with Crippen LogP contribution in [0.3, 0.4) is 0 Å². The van der Waals surface area contributed by atoms with Gasteiger partial charge in [-0.2, -0.15) is 13.2 Å². The summed E-state index contributed by atoms with van der Waals surface area (Å²) in [6.45, 7) is -0.0253. The Morgan fingerprint density at radius 3 is 2.64 bits per heavy atom. The summed E-state index contributed by atoms with van der Waals surface area (Å²) >= 11 is 0.873. The minimum Gasteiger partial charge on any atom is -0.350 e. The van der Waals surface area contributed by atoms with Gasteiger partial charge in [-0.25, -0.2) is 0 Å². The van der Waals surface area contributed by atoms with E-state index in [1.54, 1.807) is 0 Å². The highest BCUT2D eigenvalue weighted by Crippen LogP contribution is 2.29. The average Bonchev–Trinajstić information content (AvgIpc) is 2.78. The number of thioether (sulfide) groups is 1. The molecular weight excluding hydrogens is 321 g/mol. The van der Waals surface area contributed by atoms with E-state index in [1.165, 1.54) is 6.07 Å². The van der Waals surface area contributed by atoms with Crippen LogP contribution in [0.5, 0.6) is 0 Å². The SMILES string of the molecule is O=C(NCCN1C(=O)CSC1=O)c1cccc(C(F)(F)F)c1. The highest BCUT2D eigenvalue weighted by molar-refractivity contribution is 8.14. The average molecular weight is 332 g/mol. The van der Waals surface area contributed by atoms with Crippen molar-refractivity contribution in [2.45, 2.75) is 6.18 Å². The number of carbonyl (C=O) groups is 3. The Labute approximate surface area is 127 Å². The van der Waals surface area contributed by atoms with Crippen LogP contribution in [-0.4, -0.2) is 40.8 Å². The zero-order valence-electron chi connectivity index (χ0n) is 11.1. The monoisotopic (exact) mass is 332 g/mol. The van der Waals surface area contributed by atoms with E-state index in [0.717, 1.165) is 34.9 Å². The standard InChI is InChI=1S/C13H11F3N2O3S/c14-13(15,16)9-3-1-2-8(6-9)11(20)17-4-5-18-10(19)7-22-12(18)21/h1-3,6H,4-5,7H2,(H,17,20). The number of halogens is 3. The first-order chi connectivity index (χ1) is 10.3. The van der Waals surface area contributed by atoms with Crippen LogP contribution < -0.4 is 5.32 Å². The number of hydrogen-bond acceptors (Lipinski definition) is 4. The summed E-state index contributed by atoms with van der Waals surface area (Å²) in [5.41, 5.74) is -1.05. The van der Waals surface area contributed by atoms with E-state index in [-0.39, 0.29) is 30.3 Å². The lowest BCUT2D eigenvalue weighted by atomic mass is 10.1. The molecule has 0 radical (unpaired) electrons. The van der Waals surface area contributed by atoms with Crippen molar-refractivity contribution in [1.82, 2.24) is 10.2 Å². The van der Waals surface area contributed by atoms with Gasteiger partial charge >= 0.3 is 6.18 Å². The van der Waals surface area contributed by atoms with Crippen LogP contribution in [0.1, 0.15) is 15.9 Å². The second-order valence-electron chi connectivity index (χ2n) is 4.43. The Morgan fingerprint density at radius 2 is 2.05 bits per heavy atom. The zero-order chi connectivity index (χ0) is 16.3. The number of nitrogens with zero attached hydrogens (tertiary/aromatic N) is 1. The number of hydrogen-bond donors (Lipinski definition) is 1. The first-order valence-electron chi connectivity index (χ1n) is 6.21. The van der Waals surface area contributed by atoms with Gasteiger partial charge in [0, 0.05) is 18.7 Å². The lowest BCUT2D eigenvalue weighted by molar-refractivity contribution is -0.137. The lowest BCUT2D eigenvalue weighted by Gasteiger charge is -2.13. The predicted molar refractivity (Wildman–Crippen MR) is 73.3 cm³/mol. The van der Waals surface area contributed by atoms with Gasteiger partial charge in [-0.3, -0.25) is 19.3 Å². The summed E-state index contributed by atoms with van der Waals surface area (Å²) in [6.07, 6.45) is -4.53. The van der Waals surface area contributed by atoms with Crippen LogP contribution in [0.4, 0.5) is 18.0 Å². The predicted octanol–water partition coefficient (Wildman–Crippen LogP) is 2.13. The molecule has 0 atom stereocenters. The fourth-order valence-corrected chi connectivity index (χ4v) is 2.57. The molecular formula is C13H11F3N2O3S. The molecule has 1 aromatic carbocycles. The molecule has 0 saturated carbocycles. The van der Waals surface area contributed by atoms with Gasteiger partial charge in [0.1, 0.15) is 0 Å². The smallest absolute Gasteiger partial charge is 0.350 e. The number of alkyl halides is 3. The maximum Gasteiger partial charge on any atom is 0.416 e. The number of nitrogens with one attached hydrogen (secondary N) is 1. The van der Waals surface area contributed by atoms with Crippen LogP contribution in [0, 0.1) is 0 Å². The Bertz CT molecular complexity index is 603. The summed E-state index contributed by atoms with van der Waals surface area (Å²) < 4.78 is 37.7. The minimum atomic E-state index is -4.53. The normalized spacial score (nSPS) is 15.3. The highest BCUT2D eigenvalue weighted by Gasteiger charge is 2.31. The van der Waals surface area contributed by atoms with Crippen molar-refractivity contribution < 1.29 is 27.6 Å². The van der Waals surface area contributed by atoms with Gasteiger partial charge in [0.2, 0.25) is 5.91 Å². The third-order valence-electron chi connectivity index (χ3n) is 2.91. The molecule has 1 N–H and O–H groups in total. The quantitative estimate of drug-likeness (QED) is 0.917. The Morgan fingerprint density at radius 1 is 1.32 bits per heavy atom. The number of carbonyl (C=O) groups excluding carboxylic acids is 3. The number of rotatable bonds is 4. The van der Waals surface area contributed by atoms with Crippen molar-refractivity contribution in [2.75, 3.05) is 18.8 Å². The molecule has 3 amide bonds. The van der Waals surface area contributed by atoms with Gasteiger partial charge in [0.25, 0.3) is 11.1 Å². The zero-order valence-corrected chi connectivity index (χ0v) is 12.0. The van der Waals surface area contributed by atoms with E-state index in [1.807, 2.05) is 0 Å². The molecule has 1 saturated heterocycles. The summed E-state index contributed by atoms with van der Waals surface area (Å²) in [6, 6.07) is 4.02. The molecule has 2 rings (SSSR count). The molecule has 1 heterocycles. The van der Waals surface area contributed by atoms with E-state index in [0.29, 0.717) is 0 Å². The Balaban J connectivity index is 1.93. The van der Waals surface area contributed by atoms with Crippen LogP contribution in [-0.2, 0) is 11.0 Å². The summed E-state index contributed by atoms with van der Waals surface area (Å²) in [7, 11) is 0. The van der Waals surface area contributed by atoms with E-state index >= 15 is 0 Å². The molecule has 1 aromatic rings. The molecule has 0 bridgehead atoms. The number of benzene rings is 1. The van der Waals surface area contributed by atoms with E-state index in [9.17, 15) is 27.6 Å². The van der Waals surface area contributed by atoms with E-state index in [2.05, 4.69) is 5.32 Å². The van der Waals surface area contributed by atoms with E-state index in [4.69, 9.17) is 0 Å². The Hall–Kier alpha value is -2.03. The van der Waals surface area contributed by atoms with Gasteiger partial charge in [0.05, 0.1) is 11.3 Å². The maximum atomic E-state index is 12.6. The first kappa shape index (κ1) is 16.3.